The number of carbonyl (C=O) groups is 1. The summed E-state index contributed by atoms with van der Waals surface area (Å²) in [5, 5.41) is 10.8. The number of benzene rings is 1. The number of nitrogens with two attached hydrogens (primary N) is 1. The molecule has 1 saturated carbocycles. The molecule has 4 N–H and O–H groups in total. The topological polar surface area (TPSA) is 83.8 Å². The van der Waals surface area contributed by atoms with Gasteiger partial charge in [0, 0.05) is 22.0 Å². The standard InChI is InChI=1S/C12H14N4OS/c13-9-3-7-5-14-16-10(7)4-11(9)18-6-12(17)15-8-1-2-8/h3-5,8H,1-2,6,13H2,(H,14,16)(H,15,17). The van der Waals surface area contributed by atoms with E-state index >= 15 is 0 Å². The molecular weight excluding hydrogens is 248 g/mol. The van der Waals surface area contributed by atoms with Crippen molar-refractivity contribution in [2.24, 2.45) is 0 Å². The molecule has 1 aliphatic carbocycles. The summed E-state index contributed by atoms with van der Waals surface area (Å²) in [5.41, 5.74) is 7.58. The van der Waals surface area contributed by atoms with Gasteiger partial charge in [0.2, 0.25) is 5.91 Å². The highest BCUT2D eigenvalue weighted by Crippen LogP contribution is 2.29. The maximum absolute atomic E-state index is 11.6. The first kappa shape index (κ1) is 11.4. The Morgan fingerprint density at radius 1 is 1.56 bits per heavy atom. The third-order valence-corrected chi connectivity index (χ3v) is 3.94. The van der Waals surface area contributed by atoms with Gasteiger partial charge in [-0.3, -0.25) is 9.89 Å². The Labute approximate surface area is 109 Å². The molecule has 3 rings (SSSR count). The second kappa shape index (κ2) is 4.53. The molecular formula is C12H14N4OS. The minimum atomic E-state index is 0.0756. The van der Waals surface area contributed by atoms with E-state index < -0.39 is 0 Å². The molecule has 0 saturated heterocycles. The van der Waals surface area contributed by atoms with Crippen LogP contribution in [0.5, 0.6) is 0 Å². The average molecular weight is 262 g/mol. The van der Waals surface area contributed by atoms with Crippen LogP contribution in [0.3, 0.4) is 0 Å². The zero-order valence-electron chi connectivity index (χ0n) is 9.77. The Morgan fingerprint density at radius 2 is 2.39 bits per heavy atom. The number of rotatable bonds is 4. The fraction of sp³-hybridized carbons (Fsp3) is 0.333. The number of nitrogens with one attached hydrogen (secondary N) is 2. The zero-order valence-corrected chi connectivity index (χ0v) is 10.6. The second-order valence-electron chi connectivity index (χ2n) is 4.48. The molecule has 1 amide bonds. The summed E-state index contributed by atoms with van der Waals surface area (Å²) >= 11 is 1.46. The van der Waals surface area contributed by atoms with Crippen molar-refractivity contribution in [3.8, 4) is 0 Å². The van der Waals surface area contributed by atoms with E-state index in [2.05, 4.69) is 15.5 Å². The van der Waals surface area contributed by atoms with Gasteiger partial charge in [-0.15, -0.1) is 11.8 Å². The van der Waals surface area contributed by atoms with Gasteiger partial charge in [0.25, 0.3) is 0 Å². The minimum Gasteiger partial charge on any atom is -0.398 e. The third kappa shape index (κ3) is 2.43. The molecule has 18 heavy (non-hydrogen) atoms. The van der Waals surface area contributed by atoms with Crippen molar-refractivity contribution in [2.45, 2.75) is 23.8 Å². The predicted molar refractivity (Wildman–Crippen MR) is 72.4 cm³/mol. The number of carbonyl (C=O) groups excluding carboxylic acids is 1. The molecule has 0 spiro atoms. The number of anilines is 1. The molecule has 94 valence electrons. The number of H-pyrrole nitrogens is 1. The van der Waals surface area contributed by atoms with Crippen molar-refractivity contribution >= 4 is 34.3 Å². The van der Waals surface area contributed by atoms with E-state index in [1.54, 1.807) is 6.20 Å². The van der Waals surface area contributed by atoms with Gasteiger partial charge >= 0.3 is 0 Å². The molecule has 1 aliphatic rings. The van der Waals surface area contributed by atoms with Gasteiger partial charge in [0.15, 0.2) is 0 Å². The van der Waals surface area contributed by atoms with Crippen LogP contribution in [0.4, 0.5) is 5.69 Å². The van der Waals surface area contributed by atoms with Crippen LogP contribution < -0.4 is 11.1 Å². The summed E-state index contributed by atoms with van der Waals surface area (Å²) in [6.45, 7) is 0. The molecule has 1 heterocycles. The first-order valence-corrected chi connectivity index (χ1v) is 6.86. The lowest BCUT2D eigenvalue weighted by Crippen LogP contribution is -2.27. The molecule has 1 fully saturated rings. The van der Waals surface area contributed by atoms with Crippen molar-refractivity contribution in [1.82, 2.24) is 15.5 Å². The fourth-order valence-electron chi connectivity index (χ4n) is 1.75. The van der Waals surface area contributed by atoms with E-state index in [0.29, 0.717) is 17.5 Å². The molecule has 0 bridgehead atoms. The first-order valence-electron chi connectivity index (χ1n) is 5.87. The largest absolute Gasteiger partial charge is 0.398 e. The van der Waals surface area contributed by atoms with E-state index in [-0.39, 0.29) is 5.91 Å². The Balaban J connectivity index is 1.68. The van der Waals surface area contributed by atoms with Crippen LogP contribution in [-0.2, 0) is 4.79 Å². The lowest BCUT2D eigenvalue weighted by atomic mass is 10.2. The van der Waals surface area contributed by atoms with Crippen LogP contribution in [0.2, 0.25) is 0 Å². The summed E-state index contributed by atoms with van der Waals surface area (Å²) < 4.78 is 0. The van der Waals surface area contributed by atoms with Gasteiger partial charge in [-0.05, 0) is 25.0 Å². The lowest BCUT2D eigenvalue weighted by Gasteiger charge is -2.06. The van der Waals surface area contributed by atoms with E-state index in [0.717, 1.165) is 28.6 Å². The van der Waals surface area contributed by atoms with Gasteiger partial charge in [0.05, 0.1) is 17.5 Å². The number of hydrogen-bond donors (Lipinski definition) is 3. The predicted octanol–water partition coefficient (Wildman–Crippen LogP) is 1.52. The summed E-state index contributed by atoms with van der Waals surface area (Å²) in [7, 11) is 0. The van der Waals surface area contributed by atoms with Crippen LogP contribution in [0.15, 0.2) is 23.2 Å². The van der Waals surface area contributed by atoms with Crippen LogP contribution in [0.1, 0.15) is 12.8 Å². The summed E-state index contributed by atoms with van der Waals surface area (Å²) in [6, 6.07) is 4.22. The molecule has 0 unspecified atom stereocenters. The Bertz CT molecular complexity index is 591. The average Bonchev–Trinajstić information content (AvgIpc) is 3.03. The highest BCUT2D eigenvalue weighted by molar-refractivity contribution is 8.00. The van der Waals surface area contributed by atoms with E-state index in [4.69, 9.17) is 5.73 Å². The van der Waals surface area contributed by atoms with Gasteiger partial charge in [-0.1, -0.05) is 0 Å². The van der Waals surface area contributed by atoms with Crippen molar-refractivity contribution < 1.29 is 4.79 Å². The molecule has 2 aromatic rings. The van der Waals surface area contributed by atoms with Crippen molar-refractivity contribution in [2.75, 3.05) is 11.5 Å². The van der Waals surface area contributed by atoms with E-state index in [1.165, 1.54) is 11.8 Å². The number of fused-ring (bicyclic) bond motifs is 1. The van der Waals surface area contributed by atoms with Gasteiger partial charge < -0.3 is 11.1 Å². The van der Waals surface area contributed by atoms with Crippen molar-refractivity contribution in [1.29, 1.82) is 0 Å². The quantitative estimate of drug-likeness (QED) is 0.576. The highest BCUT2D eigenvalue weighted by Gasteiger charge is 2.23. The monoisotopic (exact) mass is 262 g/mol. The number of hydrogen-bond acceptors (Lipinski definition) is 4. The number of nitrogens with zero attached hydrogens (tertiary/aromatic N) is 1. The smallest absolute Gasteiger partial charge is 0.230 e. The number of amides is 1. The first-order chi connectivity index (χ1) is 8.72. The highest BCUT2D eigenvalue weighted by atomic mass is 32.2. The third-order valence-electron chi connectivity index (χ3n) is 2.87. The lowest BCUT2D eigenvalue weighted by molar-refractivity contribution is -0.118. The summed E-state index contributed by atoms with van der Waals surface area (Å²) in [5.74, 6) is 0.479. The van der Waals surface area contributed by atoms with Crippen molar-refractivity contribution in [3.05, 3.63) is 18.3 Å². The molecule has 5 nitrogen and oxygen atoms in total. The molecule has 1 aromatic carbocycles. The Morgan fingerprint density at radius 3 is 3.17 bits per heavy atom. The Hall–Kier alpha value is -1.69. The number of aromatic amines is 1. The minimum absolute atomic E-state index is 0.0756. The van der Waals surface area contributed by atoms with Crippen molar-refractivity contribution in [3.63, 3.8) is 0 Å². The van der Waals surface area contributed by atoms with Gasteiger partial charge in [-0.25, -0.2) is 0 Å². The van der Waals surface area contributed by atoms with Crippen LogP contribution >= 0.6 is 11.8 Å². The maximum Gasteiger partial charge on any atom is 0.230 e. The van der Waals surface area contributed by atoms with E-state index in [9.17, 15) is 4.79 Å². The SMILES string of the molecule is Nc1cc2cn[nH]c2cc1SCC(=O)NC1CC1. The second-order valence-corrected chi connectivity index (χ2v) is 5.49. The van der Waals surface area contributed by atoms with Crippen LogP contribution in [0, 0.1) is 0 Å². The summed E-state index contributed by atoms with van der Waals surface area (Å²) in [4.78, 5) is 12.5. The Kier molecular flexibility index (Phi) is 2.87. The fourth-order valence-corrected chi connectivity index (χ4v) is 2.55. The van der Waals surface area contributed by atoms with Crippen LogP contribution in [-0.4, -0.2) is 27.9 Å². The molecule has 1 aromatic heterocycles. The maximum atomic E-state index is 11.6. The zero-order chi connectivity index (χ0) is 12.5. The van der Waals surface area contributed by atoms with E-state index in [1.807, 2.05) is 12.1 Å². The molecule has 0 atom stereocenters. The van der Waals surface area contributed by atoms with Crippen LogP contribution in [0.25, 0.3) is 10.9 Å². The number of nitrogen functional groups attached to an aromatic ring is 1. The normalized spacial score (nSPS) is 14.9. The number of aromatic nitrogens is 2. The van der Waals surface area contributed by atoms with Gasteiger partial charge in [-0.2, -0.15) is 5.10 Å². The summed E-state index contributed by atoms with van der Waals surface area (Å²) in [6.07, 6.45) is 3.96. The molecule has 0 aliphatic heterocycles. The van der Waals surface area contributed by atoms with Gasteiger partial charge in [0.1, 0.15) is 0 Å². The number of thioether (sulfide) groups is 1. The molecule has 0 radical (unpaired) electrons. The molecule has 6 heteroatoms.